The van der Waals surface area contributed by atoms with Crippen molar-refractivity contribution in [3.63, 3.8) is 0 Å². The van der Waals surface area contributed by atoms with Gasteiger partial charge in [0.15, 0.2) is 5.16 Å². The largest absolute Gasteiger partial charge is 0.481 e. The Morgan fingerprint density at radius 3 is 2.89 bits per heavy atom. The summed E-state index contributed by atoms with van der Waals surface area (Å²) in [5.74, 6) is -0.840. The molecule has 19 heavy (non-hydrogen) atoms. The summed E-state index contributed by atoms with van der Waals surface area (Å²) in [6.07, 6.45) is 9.15. The molecule has 2 heterocycles. The molecule has 7 nitrogen and oxygen atoms in total. The highest BCUT2D eigenvalue weighted by molar-refractivity contribution is 7.99. The third-order valence-electron chi connectivity index (χ3n) is 2.53. The number of imidazole rings is 1. The number of nitrogens with zero attached hydrogens (tertiary/aromatic N) is 5. The zero-order chi connectivity index (χ0) is 13.5. The summed E-state index contributed by atoms with van der Waals surface area (Å²) in [5.41, 5.74) is 0. The van der Waals surface area contributed by atoms with E-state index in [4.69, 9.17) is 5.11 Å². The number of hydrogen-bond acceptors (Lipinski definition) is 5. The predicted octanol–water partition coefficient (Wildman–Crippen LogP) is 1.13. The second-order valence-electron chi connectivity index (χ2n) is 4.00. The summed E-state index contributed by atoms with van der Waals surface area (Å²) >= 11 is 1.19. The van der Waals surface area contributed by atoms with Crippen LogP contribution in [0, 0.1) is 0 Å². The van der Waals surface area contributed by atoms with Gasteiger partial charge in [0.2, 0.25) is 0 Å². The highest BCUT2D eigenvalue weighted by atomic mass is 32.2. The van der Waals surface area contributed by atoms with E-state index in [-0.39, 0.29) is 5.75 Å². The number of hydrogen-bond donors (Lipinski definition) is 1. The molecule has 0 aliphatic heterocycles. The molecular formula is C11H15N5O2S. The molecule has 0 saturated heterocycles. The fourth-order valence-corrected chi connectivity index (χ4v) is 2.29. The first-order valence-corrected chi connectivity index (χ1v) is 6.92. The van der Waals surface area contributed by atoms with E-state index in [0.29, 0.717) is 5.16 Å². The Balaban J connectivity index is 1.73. The smallest absolute Gasteiger partial charge is 0.313 e. The molecule has 0 spiro atoms. The van der Waals surface area contributed by atoms with Crippen LogP contribution < -0.4 is 0 Å². The Morgan fingerprint density at radius 1 is 1.32 bits per heavy atom. The van der Waals surface area contributed by atoms with Crippen molar-refractivity contribution in [2.45, 2.75) is 31.1 Å². The molecule has 102 valence electrons. The number of rotatable bonds is 8. The van der Waals surface area contributed by atoms with Crippen molar-refractivity contribution in [1.29, 1.82) is 0 Å². The minimum Gasteiger partial charge on any atom is -0.481 e. The van der Waals surface area contributed by atoms with Gasteiger partial charge in [-0.1, -0.05) is 11.8 Å². The van der Waals surface area contributed by atoms with Crippen molar-refractivity contribution in [2.75, 3.05) is 5.75 Å². The van der Waals surface area contributed by atoms with Gasteiger partial charge in [0.05, 0.1) is 12.1 Å². The van der Waals surface area contributed by atoms with Crippen LogP contribution in [0.1, 0.15) is 12.8 Å². The second-order valence-corrected chi connectivity index (χ2v) is 4.94. The van der Waals surface area contributed by atoms with Crippen LogP contribution in [-0.4, -0.2) is 41.1 Å². The number of thioether (sulfide) groups is 1. The van der Waals surface area contributed by atoms with Crippen LogP contribution >= 0.6 is 11.8 Å². The molecule has 0 radical (unpaired) electrons. The Hall–Kier alpha value is -1.83. The molecule has 0 aromatic carbocycles. The highest BCUT2D eigenvalue weighted by Crippen LogP contribution is 2.14. The molecule has 2 aromatic rings. The molecule has 2 aromatic heterocycles. The molecule has 2 rings (SSSR count). The zero-order valence-corrected chi connectivity index (χ0v) is 11.2. The molecule has 0 amide bonds. The first kappa shape index (κ1) is 13.6. The summed E-state index contributed by atoms with van der Waals surface area (Å²) < 4.78 is 3.92. The number of carbonyl (C=O) groups is 1. The van der Waals surface area contributed by atoms with E-state index in [1.807, 2.05) is 15.3 Å². The standard InChI is InChI=1S/C11H15N5O2S/c17-10(18)7-19-11-14-13-9-16(11)5-2-1-4-15-6-3-12-8-15/h3,6,8-9H,1-2,4-5,7H2,(H,17,18). The summed E-state index contributed by atoms with van der Waals surface area (Å²) in [4.78, 5) is 14.5. The molecule has 0 aliphatic rings. The van der Waals surface area contributed by atoms with Gasteiger partial charge in [0, 0.05) is 25.5 Å². The van der Waals surface area contributed by atoms with Crippen LogP contribution in [0.3, 0.4) is 0 Å². The molecule has 0 atom stereocenters. The van der Waals surface area contributed by atoms with Crippen LogP contribution in [0.4, 0.5) is 0 Å². The number of carboxylic acid groups (broad SMARTS) is 1. The van der Waals surface area contributed by atoms with Crippen molar-refractivity contribution in [1.82, 2.24) is 24.3 Å². The van der Waals surface area contributed by atoms with Crippen LogP contribution in [0.25, 0.3) is 0 Å². The van der Waals surface area contributed by atoms with Crippen molar-refractivity contribution >= 4 is 17.7 Å². The lowest BCUT2D eigenvalue weighted by atomic mass is 10.3. The first-order valence-electron chi connectivity index (χ1n) is 5.94. The number of carboxylic acids is 1. The quantitative estimate of drug-likeness (QED) is 0.576. The molecule has 0 fully saturated rings. The van der Waals surface area contributed by atoms with Crippen molar-refractivity contribution < 1.29 is 9.90 Å². The van der Waals surface area contributed by atoms with Gasteiger partial charge in [0.1, 0.15) is 6.33 Å². The lowest BCUT2D eigenvalue weighted by Gasteiger charge is -2.05. The molecule has 8 heteroatoms. The maximum Gasteiger partial charge on any atom is 0.313 e. The topological polar surface area (TPSA) is 85.8 Å². The summed E-state index contributed by atoms with van der Waals surface area (Å²) in [6, 6.07) is 0. The van der Waals surface area contributed by atoms with Gasteiger partial charge in [0.25, 0.3) is 0 Å². The van der Waals surface area contributed by atoms with Gasteiger partial charge in [-0.3, -0.25) is 4.79 Å². The van der Waals surface area contributed by atoms with Crippen molar-refractivity contribution in [3.05, 3.63) is 25.0 Å². The highest BCUT2D eigenvalue weighted by Gasteiger charge is 2.07. The third kappa shape index (κ3) is 4.40. The lowest BCUT2D eigenvalue weighted by Crippen LogP contribution is -2.04. The van der Waals surface area contributed by atoms with Gasteiger partial charge < -0.3 is 14.2 Å². The number of aromatic nitrogens is 5. The zero-order valence-electron chi connectivity index (χ0n) is 10.3. The summed E-state index contributed by atoms with van der Waals surface area (Å²) in [5, 5.41) is 17.0. The Labute approximate surface area is 114 Å². The molecule has 0 saturated carbocycles. The minimum atomic E-state index is -0.848. The number of unbranched alkanes of at least 4 members (excludes halogenated alkanes) is 1. The minimum absolute atomic E-state index is 0.00767. The predicted molar refractivity (Wildman–Crippen MR) is 69.8 cm³/mol. The third-order valence-corrected chi connectivity index (χ3v) is 3.49. The summed E-state index contributed by atoms with van der Waals surface area (Å²) in [7, 11) is 0. The molecule has 0 unspecified atom stereocenters. The fraction of sp³-hybridized carbons (Fsp3) is 0.455. The Morgan fingerprint density at radius 2 is 2.16 bits per heavy atom. The SMILES string of the molecule is O=C(O)CSc1nncn1CCCCn1ccnc1. The second kappa shape index (κ2) is 6.93. The van der Waals surface area contributed by atoms with Gasteiger partial charge in [-0.15, -0.1) is 10.2 Å². The lowest BCUT2D eigenvalue weighted by molar-refractivity contribution is -0.133. The fourth-order valence-electron chi connectivity index (χ4n) is 1.63. The monoisotopic (exact) mass is 281 g/mol. The van der Waals surface area contributed by atoms with Crippen molar-refractivity contribution in [2.24, 2.45) is 0 Å². The van der Waals surface area contributed by atoms with Crippen LogP contribution in [0.5, 0.6) is 0 Å². The van der Waals surface area contributed by atoms with Gasteiger partial charge in [-0.2, -0.15) is 0 Å². The average molecular weight is 281 g/mol. The molecule has 0 aliphatic carbocycles. The van der Waals surface area contributed by atoms with Crippen LogP contribution in [0.2, 0.25) is 0 Å². The molecule has 0 bridgehead atoms. The van der Waals surface area contributed by atoms with E-state index < -0.39 is 5.97 Å². The van der Waals surface area contributed by atoms with E-state index in [0.717, 1.165) is 25.9 Å². The Kier molecular flexibility index (Phi) is 4.96. The first-order chi connectivity index (χ1) is 9.25. The average Bonchev–Trinajstić information content (AvgIpc) is 3.03. The number of aryl methyl sites for hydroxylation is 2. The van der Waals surface area contributed by atoms with Gasteiger partial charge in [-0.05, 0) is 12.8 Å². The number of aliphatic carboxylic acids is 1. The van der Waals surface area contributed by atoms with E-state index in [1.54, 1.807) is 18.9 Å². The van der Waals surface area contributed by atoms with E-state index in [2.05, 4.69) is 15.2 Å². The van der Waals surface area contributed by atoms with Crippen molar-refractivity contribution in [3.8, 4) is 0 Å². The van der Waals surface area contributed by atoms with Gasteiger partial charge >= 0.3 is 5.97 Å². The van der Waals surface area contributed by atoms with Crippen LogP contribution in [0.15, 0.2) is 30.2 Å². The van der Waals surface area contributed by atoms with E-state index in [1.165, 1.54) is 11.8 Å². The maximum absolute atomic E-state index is 10.5. The molecule has 1 N–H and O–H groups in total. The maximum atomic E-state index is 10.5. The van der Waals surface area contributed by atoms with E-state index >= 15 is 0 Å². The van der Waals surface area contributed by atoms with E-state index in [9.17, 15) is 4.79 Å². The van der Waals surface area contributed by atoms with Crippen LogP contribution in [-0.2, 0) is 17.9 Å². The Bertz CT molecular complexity index is 511. The summed E-state index contributed by atoms with van der Waals surface area (Å²) in [6.45, 7) is 1.73. The molecular weight excluding hydrogens is 266 g/mol. The normalized spacial score (nSPS) is 10.7. The van der Waals surface area contributed by atoms with Gasteiger partial charge in [-0.25, -0.2) is 4.98 Å².